The molecule has 0 aliphatic heterocycles. The zero-order valence-corrected chi connectivity index (χ0v) is 11.3. The van der Waals surface area contributed by atoms with Gasteiger partial charge in [0.1, 0.15) is 0 Å². The lowest BCUT2D eigenvalue weighted by atomic mass is 10.1. The smallest absolute Gasteiger partial charge is 0.0681 e. The SMILES string of the molecule is Cc1nccc2c1[nH]c1ccc(-c3ccsc3)cc12. The lowest BCUT2D eigenvalue weighted by Gasteiger charge is -1.98. The molecule has 1 N–H and O–H groups in total. The van der Waals surface area contributed by atoms with E-state index in [2.05, 4.69) is 51.1 Å². The van der Waals surface area contributed by atoms with Crippen molar-refractivity contribution in [2.24, 2.45) is 0 Å². The molecule has 19 heavy (non-hydrogen) atoms. The molecule has 0 bridgehead atoms. The number of benzene rings is 1. The quantitative estimate of drug-likeness (QED) is 0.528. The molecule has 0 fully saturated rings. The van der Waals surface area contributed by atoms with E-state index in [-0.39, 0.29) is 0 Å². The molecule has 2 nitrogen and oxygen atoms in total. The number of aromatic nitrogens is 2. The van der Waals surface area contributed by atoms with Gasteiger partial charge in [0.2, 0.25) is 0 Å². The molecule has 1 aromatic carbocycles. The van der Waals surface area contributed by atoms with Crippen LogP contribution in [0.3, 0.4) is 0 Å². The third kappa shape index (κ3) is 1.59. The van der Waals surface area contributed by atoms with E-state index in [0.29, 0.717) is 0 Å². The number of fused-ring (bicyclic) bond motifs is 3. The van der Waals surface area contributed by atoms with Gasteiger partial charge in [-0.2, -0.15) is 11.3 Å². The Labute approximate surface area is 114 Å². The van der Waals surface area contributed by atoms with Crippen molar-refractivity contribution in [3.05, 3.63) is 53.0 Å². The van der Waals surface area contributed by atoms with Crippen molar-refractivity contribution in [1.29, 1.82) is 0 Å². The van der Waals surface area contributed by atoms with Crippen molar-refractivity contribution < 1.29 is 0 Å². The molecule has 0 atom stereocenters. The van der Waals surface area contributed by atoms with Crippen LogP contribution < -0.4 is 0 Å². The highest BCUT2D eigenvalue weighted by Gasteiger charge is 2.08. The number of nitrogens with one attached hydrogen (secondary N) is 1. The van der Waals surface area contributed by atoms with E-state index < -0.39 is 0 Å². The van der Waals surface area contributed by atoms with Crippen molar-refractivity contribution in [2.45, 2.75) is 6.92 Å². The predicted octanol–water partition coefficient (Wildman–Crippen LogP) is 4.75. The van der Waals surface area contributed by atoms with Crippen LogP contribution in [0.4, 0.5) is 0 Å². The Bertz CT molecular complexity index is 872. The molecule has 92 valence electrons. The number of rotatable bonds is 1. The summed E-state index contributed by atoms with van der Waals surface area (Å²) in [6.07, 6.45) is 1.88. The van der Waals surface area contributed by atoms with E-state index in [1.807, 2.05) is 13.1 Å². The van der Waals surface area contributed by atoms with Crippen molar-refractivity contribution in [1.82, 2.24) is 9.97 Å². The molecule has 3 heterocycles. The van der Waals surface area contributed by atoms with Crippen molar-refractivity contribution in [2.75, 3.05) is 0 Å². The third-order valence-electron chi connectivity index (χ3n) is 3.56. The summed E-state index contributed by atoms with van der Waals surface area (Å²) >= 11 is 1.73. The maximum Gasteiger partial charge on any atom is 0.0681 e. The number of H-pyrrole nitrogens is 1. The third-order valence-corrected chi connectivity index (χ3v) is 4.25. The molecule has 0 saturated carbocycles. The van der Waals surface area contributed by atoms with E-state index >= 15 is 0 Å². The summed E-state index contributed by atoms with van der Waals surface area (Å²) in [5, 5.41) is 6.81. The molecule has 0 aliphatic rings. The fourth-order valence-electron chi connectivity index (χ4n) is 2.57. The Kier molecular flexibility index (Phi) is 2.23. The molecule has 0 unspecified atom stereocenters. The van der Waals surface area contributed by atoms with Crippen molar-refractivity contribution in [3.8, 4) is 11.1 Å². The maximum absolute atomic E-state index is 4.35. The van der Waals surface area contributed by atoms with E-state index in [0.717, 1.165) is 11.2 Å². The van der Waals surface area contributed by atoms with Crippen LogP contribution in [-0.2, 0) is 0 Å². The minimum atomic E-state index is 1.05. The maximum atomic E-state index is 4.35. The Hall–Kier alpha value is -2.13. The standard InChI is InChI=1S/C16H12N2S/c1-10-16-13(4-6-17-10)14-8-11(2-3-15(14)18-16)12-5-7-19-9-12/h2-9,18H,1H3. The molecular weight excluding hydrogens is 252 g/mol. The van der Waals surface area contributed by atoms with Gasteiger partial charge >= 0.3 is 0 Å². The first kappa shape index (κ1) is 10.8. The van der Waals surface area contributed by atoms with Gasteiger partial charge in [-0.05, 0) is 53.1 Å². The second-order valence-corrected chi connectivity index (χ2v) is 5.50. The van der Waals surface area contributed by atoms with E-state index in [1.54, 1.807) is 11.3 Å². The Morgan fingerprint density at radius 1 is 1.05 bits per heavy atom. The average Bonchev–Trinajstić information content (AvgIpc) is 3.05. The highest BCUT2D eigenvalue weighted by Crippen LogP contribution is 2.31. The summed E-state index contributed by atoms with van der Waals surface area (Å²) in [5.74, 6) is 0. The second-order valence-electron chi connectivity index (χ2n) is 4.72. The number of hydrogen-bond acceptors (Lipinski definition) is 2. The monoisotopic (exact) mass is 264 g/mol. The van der Waals surface area contributed by atoms with Crippen LogP contribution in [0.2, 0.25) is 0 Å². The van der Waals surface area contributed by atoms with Gasteiger partial charge in [0.05, 0.1) is 11.2 Å². The molecule has 0 amide bonds. The minimum absolute atomic E-state index is 1.05. The number of hydrogen-bond donors (Lipinski definition) is 1. The largest absolute Gasteiger partial charge is 0.353 e. The fourth-order valence-corrected chi connectivity index (χ4v) is 3.23. The summed E-state index contributed by atoms with van der Waals surface area (Å²) in [6.45, 7) is 2.04. The van der Waals surface area contributed by atoms with Gasteiger partial charge in [-0.25, -0.2) is 0 Å². The van der Waals surface area contributed by atoms with Gasteiger partial charge in [0, 0.05) is 22.5 Å². The normalized spacial score (nSPS) is 11.4. The predicted molar refractivity (Wildman–Crippen MR) is 81.6 cm³/mol. The fraction of sp³-hybridized carbons (Fsp3) is 0.0625. The lowest BCUT2D eigenvalue weighted by molar-refractivity contribution is 1.22. The lowest BCUT2D eigenvalue weighted by Crippen LogP contribution is -1.80. The minimum Gasteiger partial charge on any atom is -0.353 e. The van der Waals surface area contributed by atoms with Crippen LogP contribution in [0.25, 0.3) is 32.9 Å². The molecule has 0 aliphatic carbocycles. The first-order chi connectivity index (χ1) is 9.33. The Balaban J connectivity index is 2.08. The number of aromatic amines is 1. The molecular formula is C16H12N2S. The van der Waals surface area contributed by atoms with E-state index in [4.69, 9.17) is 0 Å². The Morgan fingerprint density at radius 3 is 2.84 bits per heavy atom. The summed E-state index contributed by atoms with van der Waals surface area (Å²) in [7, 11) is 0. The first-order valence-electron chi connectivity index (χ1n) is 6.22. The number of aryl methyl sites for hydroxylation is 1. The van der Waals surface area contributed by atoms with Gasteiger partial charge in [0.15, 0.2) is 0 Å². The summed E-state index contributed by atoms with van der Waals surface area (Å²) in [4.78, 5) is 7.80. The van der Waals surface area contributed by atoms with E-state index in [1.165, 1.54) is 27.4 Å². The highest BCUT2D eigenvalue weighted by atomic mass is 32.1. The van der Waals surface area contributed by atoms with Gasteiger partial charge in [-0.1, -0.05) is 6.07 Å². The summed E-state index contributed by atoms with van der Waals surface area (Å²) < 4.78 is 0. The molecule has 4 rings (SSSR count). The first-order valence-corrected chi connectivity index (χ1v) is 7.17. The highest BCUT2D eigenvalue weighted by molar-refractivity contribution is 7.08. The van der Waals surface area contributed by atoms with Crippen LogP contribution in [0.15, 0.2) is 47.3 Å². The van der Waals surface area contributed by atoms with Crippen molar-refractivity contribution >= 4 is 33.1 Å². The van der Waals surface area contributed by atoms with Crippen LogP contribution in [-0.4, -0.2) is 9.97 Å². The molecule has 3 heteroatoms. The van der Waals surface area contributed by atoms with Crippen LogP contribution in [0, 0.1) is 6.92 Å². The molecule has 0 spiro atoms. The molecule has 4 aromatic rings. The number of nitrogens with zero attached hydrogens (tertiary/aromatic N) is 1. The van der Waals surface area contributed by atoms with Crippen molar-refractivity contribution in [3.63, 3.8) is 0 Å². The van der Waals surface area contributed by atoms with Gasteiger partial charge in [-0.15, -0.1) is 0 Å². The van der Waals surface area contributed by atoms with Gasteiger partial charge in [0.25, 0.3) is 0 Å². The zero-order valence-electron chi connectivity index (χ0n) is 10.5. The zero-order chi connectivity index (χ0) is 12.8. The van der Waals surface area contributed by atoms with E-state index in [9.17, 15) is 0 Å². The Morgan fingerprint density at radius 2 is 2.00 bits per heavy atom. The second kappa shape index (κ2) is 3.93. The molecule has 0 saturated heterocycles. The van der Waals surface area contributed by atoms with Crippen LogP contribution >= 0.6 is 11.3 Å². The molecule has 0 radical (unpaired) electrons. The summed E-state index contributed by atoms with van der Waals surface area (Å²) in [5.41, 5.74) is 5.91. The topological polar surface area (TPSA) is 28.7 Å². The molecule has 3 aromatic heterocycles. The summed E-state index contributed by atoms with van der Waals surface area (Å²) in [6, 6.07) is 10.8. The van der Waals surface area contributed by atoms with Gasteiger partial charge < -0.3 is 4.98 Å². The van der Waals surface area contributed by atoms with Crippen LogP contribution in [0.5, 0.6) is 0 Å². The van der Waals surface area contributed by atoms with Crippen LogP contribution in [0.1, 0.15) is 5.69 Å². The number of pyridine rings is 1. The number of thiophene rings is 1. The van der Waals surface area contributed by atoms with Gasteiger partial charge in [-0.3, -0.25) is 4.98 Å². The average molecular weight is 264 g/mol.